The van der Waals surface area contributed by atoms with Gasteiger partial charge in [-0.05, 0) is 56.2 Å². The first-order valence-corrected chi connectivity index (χ1v) is 11.3. The summed E-state index contributed by atoms with van der Waals surface area (Å²) >= 11 is 0. The van der Waals surface area contributed by atoms with Gasteiger partial charge >= 0.3 is 6.09 Å². The number of hydrogen-bond acceptors (Lipinski definition) is 5. The van der Waals surface area contributed by atoms with Crippen molar-refractivity contribution < 1.29 is 22.1 Å². The highest BCUT2D eigenvalue weighted by atomic mass is 32.2. The molecule has 0 aromatic heterocycles. The SMILES string of the molecule is Cc1ccc(S(=O)(=O)OCC2CCC(NC(=O)OCc3ccccc3)CC2)cc1. The molecule has 0 saturated heterocycles. The minimum absolute atomic E-state index is 0.0447. The van der Waals surface area contributed by atoms with Crippen molar-refractivity contribution in [1.29, 1.82) is 0 Å². The van der Waals surface area contributed by atoms with Crippen LogP contribution in [0.2, 0.25) is 0 Å². The topological polar surface area (TPSA) is 81.7 Å². The molecule has 1 aliphatic rings. The first-order chi connectivity index (χ1) is 13.9. The van der Waals surface area contributed by atoms with Gasteiger partial charge in [-0.1, -0.05) is 48.0 Å². The van der Waals surface area contributed by atoms with Crippen LogP contribution >= 0.6 is 0 Å². The summed E-state index contributed by atoms with van der Waals surface area (Å²) in [6.45, 7) is 2.31. The van der Waals surface area contributed by atoms with Crippen LogP contribution in [-0.4, -0.2) is 27.2 Å². The first kappa shape index (κ1) is 21.3. The average Bonchev–Trinajstić information content (AvgIpc) is 2.73. The van der Waals surface area contributed by atoms with E-state index in [-0.39, 0.29) is 30.1 Å². The van der Waals surface area contributed by atoms with Crippen LogP contribution in [0.3, 0.4) is 0 Å². The van der Waals surface area contributed by atoms with E-state index in [4.69, 9.17) is 8.92 Å². The summed E-state index contributed by atoms with van der Waals surface area (Å²) in [6, 6.07) is 16.2. The van der Waals surface area contributed by atoms with Gasteiger partial charge in [0.1, 0.15) is 6.61 Å². The molecule has 0 unspecified atom stereocenters. The standard InChI is InChI=1S/C22H27NO5S/c1-17-7-13-21(14-8-17)29(25,26)28-16-19-9-11-20(12-10-19)23-22(24)27-15-18-5-3-2-4-6-18/h2-8,13-14,19-20H,9-12,15-16H2,1H3,(H,23,24). The molecule has 0 radical (unpaired) electrons. The summed E-state index contributed by atoms with van der Waals surface area (Å²) in [6.07, 6.45) is 2.73. The Morgan fingerprint density at radius 1 is 1.00 bits per heavy atom. The van der Waals surface area contributed by atoms with Gasteiger partial charge in [0.05, 0.1) is 11.5 Å². The summed E-state index contributed by atoms with van der Waals surface area (Å²) < 4.78 is 35.1. The normalized spacial score (nSPS) is 19.5. The molecule has 1 N–H and O–H groups in total. The Bertz CT molecular complexity index is 889. The molecule has 0 heterocycles. The molecular formula is C22H27NO5S. The highest BCUT2D eigenvalue weighted by molar-refractivity contribution is 7.86. The van der Waals surface area contributed by atoms with Crippen molar-refractivity contribution in [2.24, 2.45) is 5.92 Å². The minimum atomic E-state index is -3.73. The lowest BCUT2D eigenvalue weighted by molar-refractivity contribution is 0.128. The second-order valence-corrected chi connectivity index (χ2v) is 9.09. The summed E-state index contributed by atoms with van der Waals surface area (Å²) in [5, 5.41) is 2.89. The molecular weight excluding hydrogens is 390 g/mol. The van der Waals surface area contributed by atoms with Crippen molar-refractivity contribution in [3.05, 3.63) is 65.7 Å². The maximum atomic E-state index is 12.3. The third-order valence-corrected chi connectivity index (χ3v) is 6.45. The average molecular weight is 418 g/mol. The van der Waals surface area contributed by atoms with E-state index < -0.39 is 16.2 Å². The summed E-state index contributed by atoms with van der Waals surface area (Å²) in [5.41, 5.74) is 1.94. The molecule has 1 amide bonds. The van der Waals surface area contributed by atoms with Gasteiger partial charge in [0, 0.05) is 6.04 Å². The Morgan fingerprint density at radius 3 is 2.31 bits per heavy atom. The second-order valence-electron chi connectivity index (χ2n) is 7.48. The zero-order valence-electron chi connectivity index (χ0n) is 16.5. The van der Waals surface area contributed by atoms with Crippen molar-refractivity contribution >= 4 is 16.2 Å². The maximum Gasteiger partial charge on any atom is 0.407 e. The maximum absolute atomic E-state index is 12.3. The summed E-state index contributed by atoms with van der Waals surface area (Å²) in [5.74, 6) is 0.161. The molecule has 7 heteroatoms. The Kier molecular flexibility index (Phi) is 7.28. The molecule has 29 heavy (non-hydrogen) atoms. The van der Waals surface area contributed by atoms with E-state index in [0.717, 1.165) is 36.8 Å². The molecule has 3 rings (SSSR count). The molecule has 0 bridgehead atoms. The number of alkyl carbamates (subject to hydrolysis) is 1. The molecule has 1 fully saturated rings. The fraction of sp³-hybridized carbons (Fsp3) is 0.409. The van der Waals surface area contributed by atoms with Gasteiger partial charge < -0.3 is 10.1 Å². The van der Waals surface area contributed by atoms with E-state index in [1.165, 1.54) is 0 Å². The van der Waals surface area contributed by atoms with Crippen LogP contribution in [0.25, 0.3) is 0 Å². The van der Waals surface area contributed by atoms with Gasteiger partial charge in [-0.25, -0.2) is 4.79 Å². The van der Waals surface area contributed by atoms with Crippen molar-refractivity contribution in [2.45, 2.75) is 50.2 Å². The quantitative estimate of drug-likeness (QED) is 0.683. The summed E-state index contributed by atoms with van der Waals surface area (Å²) in [4.78, 5) is 12.1. The number of benzene rings is 2. The molecule has 0 aliphatic heterocycles. The number of rotatable bonds is 7. The number of ether oxygens (including phenoxy) is 1. The molecule has 2 aromatic carbocycles. The third-order valence-electron chi connectivity index (χ3n) is 5.15. The number of hydrogen-bond donors (Lipinski definition) is 1. The van der Waals surface area contributed by atoms with E-state index in [2.05, 4.69) is 5.32 Å². The van der Waals surface area contributed by atoms with Crippen molar-refractivity contribution in [3.63, 3.8) is 0 Å². The van der Waals surface area contributed by atoms with E-state index >= 15 is 0 Å². The molecule has 0 atom stereocenters. The van der Waals surface area contributed by atoms with E-state index in [9.17, 15) is 13.2 Å². The van der Waals surface area contributed by atoms with Crippen LogP contribution < -0.4 is 5.32 Å². The highest BCUT2D eigenvalue weighted by Gasteiger charge is 2.25. The lowest BCUT2D eigenvalue weighted by atomic mass is 9.87. The third kappa shape index (κ3) is 6.58. The zero-order chi connectivity index (χ0) is 20.7. The van der Waals surface area contributed by atoms with Crippen molar-refractivity contribution in [1.82, 2.24) is 5.32 Å². The number of carbonyl (C=O) groups excluding carboxylic acids is 1. The highest BCUT2D eigenvalue weighted by Crippen LogP contribution is 2.26. The zero-order valence-corrected chi connectivity index (χ0v) is 17.4. The lowest BCUT2D eigenvalue weighted by Gasteiger charge is -2.28. The Labute approximate surface area is 172 Å². The summed E-state index contributed by atoms with van der Waals surface area (Å²) in [7, 11) is -3.73. The molecule has 1 aliphatic carbocycles. The Hall–Kier alpha value is -2.38. The predicted octanol–water partition coefficient (Wildman–Crippen LogP) is 4.19. The van der Waals surface area contributed by atoms with E-state index in [0.29, 0.717) is 0 Å². The number of amides is 1. The van der Waals surface area contributed by atoms with Gasteiger partial charge in [-0.2, -0.15) is 8.42 Å². The van der Waals surface area contributed by atoms with Crippen LogP contribution in [0.4, 0.5) is 4.79 Å². The van der Waals surface area contributed by atoms with Gasteiger partial charge in [-0.3, -0.25) is 4.18 Å². The number of nitrogens with one attached hydrogen (secondary N) is 1. The second kappa shape index (κ2) is 9.89. The van der Waals surface area contributed by atoms with Crippen LogP contribution in [-0.2, 0) is 25.6 Å². The molecule has 0 spiro atoms. The number of aryl methyl sites for hydroxylation is 1. The minimum Gasteiger partial charge on any atom is -0.445 e. The first-order valence-electron chi connectivity index (χ1n) is 9.86. The fourth-order valence-electron chi connectivity index (χ4n) is 3.36. The fourth-order valence-corrected chi connectivity index (χ4v) is 4.34. The Balaban J connectivity index is 1.37. The van der Waals surface area contributed by atoms with Gasteiger partial charge in [0.2, 0.25) is 0 Å². The number of carbonyl (C=O) groups is 1. The largest absolute Gasteiger partial charge is 0.445 e. The monoisotopic (exact) mass is 417 g/mol. The van der Waals surface area contributed by atoms with Gasteiger partial charge in [0.15, 0.2) is 0 Å². The van der Waals surface area contributed by atoms with Gasteiger partial charge in [-0.15, -0.1) is 0 Å². The molecule has 1 saturated carbocycles. The van der Waals surface area contributed by atoms with Crippen LogP contribution in [0, 0.1) is 12.8 Å². The van der Waals surface area contributed by atoms with E-state index in [1.54, 1.807) is 24.3 Å². The lowest BCUT2D eigenvalue weighted by Crippen LogP contribution is -2.38. The van der Waals surface area contributed by atoms with Crippen molar-refractivity contribution in [3.8, 4) is 0 Å². The molecule has 156 valence electrons. The van der Waals surface area contributed by atoms with Crippen LogP contribution in [0.1, 0.15) is 36.8 Å². The van der Waals surface area contributed by atoms with Gasteiger partial charge in [0.25, 0.3) is 10.1 Å². The Morgan fingerprint density at radius 2 is 1.66 bits per heavy atom. The van der Waals surface area contributed by atoms with Crippen molar-refractivity contribution in [2.75, 3.05) is 6.61 Å². The van der Waals surface area contributed by atoms with Crippen LogP contribution in [0.15, 0.2) is 59.5 Å². The van der Waals surface area contributed by atoms with E-state index in [1.807, 2.05) is 37.3 Å². The smallest absolute Gasteiger partial charge is 0.407 e. The van der Waals surface area contributed by atoms with Crippen LogP contribution in [0.5, 0.6) is 0 Å². The predicted molar refractivity (Wildman–Crippen MR) is 110 cm³/mol. The molecule has 6 nitrogen and oxygen atoms in total. The molecule has 2 aromatic rings.